The van der Waals surface area contributed by atoms with Gasteiger partial charge in [-0.2, -0.15) is 0 Å². The zero-order valence-corrected chi connectivity index (χ0v) is 12.6. The minimum atomic E-state index is -0.583. The van der Waals surface area contributed by atoms with E-state index in [1.165, 1.54) is 0 Å². The fourth-order valence-corrected chi connectivity index (χ4v) is 2.49. The van der Waals surface area contributed by atoms with Gasteiger partial charge < -0.3 is 15.4 Å². The van der Waals surface area contributed by atoms with Crippen molar-refractivity contribution in [1.82, 2.24) is 5.32 Å². The quantitative estimate of drug-likeness (QED) is 0.835. The highest BCUT2D eigenvalue weighted by molar-refractivity contribution is 6.04. The molecule has 1 amide bonds. The molecule has 114 valence electrons. The molecule has 5 heteroatoms. The Labute approximate surface area is 125 Å². The van der Waals surface area contributed by atoms with Crippen LogP contribution in [0.5, 0.6) is 0 Å². The molecule has 2 rings (SSSR count). The number of amides is 1. The first-order valence-corrected chi connectivity index (χ1v) is 7.39. The SMILES string of the molecule is CCOC(=O)c1ccccc1NC(=O)C1(C)CCCCN1. The van der Waals surface area contributed by atoms with Crippen LogP contribution in [0.2, 0.25) is 0 Å². The summed E-state index contributed by atoms with van der Waals surface area (Å²) >= 11 is 0. The number of nitrogens with one attached hydrogen (secondary N) is 2. The molecule has 1 aromatic carbocycles. The molecule has 1 aliphatic rings. The molecule has 1 saturated heterocycles. The molecule has 0 aliphatic carbocycles. The van der Waals surface area contributed by atoms with Gasteiger partial charge in [-0.05, 0) is 51.8 Å². The number of hydrogen-bond acceptors (Lipinski definition) is 4. The Morgan fingerprint density at radius 1 is 1.33 bits per heavy atom. The second-order valence-corrected chi connectivity index (χ2v) is 5.44. The Bertz CT molecular complexity index is 522. The van der Waals surface area contributed by atoms with Crippen LogP contribution in [0.1, 0.15) is 43.5 Å². The first-order chi connectivity index (χ1) is 10.1. The Hall–Kier alpha value is -1.88. The lowest BCUT2D eigenvalue weighted by Crippen LogP contribution is -2.54. The van der Waals surface area contributed by atoms with Crippen LogP contribution in [0.15, 0.2) is 24.3 Å². The van der Waals surface area contributed by atoms with Gasteiger partial charge in [0.05, 0.1) is 23.4 Å². The molecule has 0 bridgehead atoms. The molecule has 1 atom stereocenters. The number of anilines is 1. The Morgan fingerprint density at radius 2 is 2.10 bits per heavy atom. The lowest BCUT2D eigenvalue weighted by molar-refractivity contribution is -0.122. The fourth-order valence-electron chi connectivity index (χ4n) is 2.49. The van der Waals surface area contributed by atoms with E-state index in [0.29, 0.717) is 17.9 Å². The highest BCUT2D eigenvalue weighted by Crippen LogP contribution is 2.23. The molecule has 1 fully saturated rings. The van der Waals surface area contributed by atoms with Crippen molar-refractivity contribution in [2.45, 2.75) is 38.6 Å². The minimum Gasteiger partial charge on any atom is -0.462 e. The molecule has 1 aromatic rings. The number of esters is 1. The standard InChI is InChI=1S/C16H22N2O3/c1-3-21-14(19)12-8-4-5-9-13(12)18-15(20)16(2)10-6-7-11-17-16/h4-5,8-9,17H,3,6-7,10-11H2,1-2H3,(H,18,20). The second-order valence-electron chi connectivity index (χ2n) is 5.44. The molecule has 1 unspecified atom stereocenters. The van der Waals surface area contributed by atoms with Gasteiger partial charge >= 0.3 is 5.97 Å². The normalized spacial score (nSPS) is 21.6. The third-order valence-corrected chi connectivity index (χ3v) is 3.79. The average Bonchev–Trinajstić information content (AvgIpc) is 2.48. The molecule has 1 heterocycles. The summed E-state index contributed by atoms with van der Waals surface area (Å²) in [6.45, 7) is 4.80. The van der Waals surface area contributed by atoms with Crippen LogP contribution in [-0.4, -0.2) is 30.6 Å². The van der Waals surface area contributed by atoms with Crippen LogP contribution >= 0.6 is 0 Å². The maximum atomic E-state index is 12.5. The number of benzene rings is 1. The highest BCUT2D eigenvalue weighted by Gasteiger charge is 2.34. The van der Waals surface area contributed by atoms with E-state index in [9.17, 15) is 9.59 Å². The zero-order valence-electron chi connectivity index (χ0n) is 12.6. The molecule has 5 nitrogen and oxygen atoms in total. The van der Waals surface area contributed by atoms with Crippen molar-refractivity contribution < 1.29 is 14.3 Å². The van der Waals surface area contributed by atoms with E-state index in [1.807, 2.05) is 6.92 Å². The minimum absolute atomic E-state index is 0.112. The van der Waals surface area contributed by atoms with Gasteiger partial charge in [0, 0.05) is 0 Å². The van der Waals surface area contributed by atoms with E-state index in [-0.39, 0.29) is 5.91 Å². The summed E-state index contributed by atoms with van der Waals surface area (Å²) in [7, 11) is 0. The summed E-state index contributed by atoms with van der Waals surface area (Å²) in [5, 5.41) is 6.12. The van der Waals surface area contributed by atoms with Crippen molar-refractivity contribution in [3.8, 4) is 0 Å². The number of rotatable bonds is 4. The zero-order chi connectivity index (χ0) is 15.3. The molecule has 0 aromatic heterocycles. The van der Waals surface area contributed by atoms with Crippen LogP contribution in [0.4, 0.5) is 5.69 Å². The van der Waals surface area contributed by atoms with E-state index in [2.05, 4.69) is 10.6 Å². The predicted octanol–water partition coefficient (Wildman–Crippen LogP) is 2.33. The number of ether oxygens (including phenoxy) is 1. The van der Waals surface area contributed by atoms with Gasteiger partial charge in [-0.1, -0.05) is 12.1 Å². The van der Waals surface area contributed by atoms with Crippen LogP contribution in [-0.2, 0) is 9.53 Å². The van der Waals surface area contributed by atoms with E-state index in [1.54, 1.807) is 31.2 Å². The Balaban J connectivity index is 2.15. The molecule has 21 heavy (non-hydrogen) atoms. The molecular weight excluding hydrogens is 268 g/mol. The van der Waals surface area contributed by atoms with Crippen molar-refractivity contribution in [2.75, 3.05) is 18.5 Å². The highest BCUT2D eigenvalue weighted by atomic mass is 16.5. The third kappa shape index (κ3) is 3.61. The summed E-state index contributed by atoms with van der Waals surface area (Å²) in [6, 6.07) is 6.91. The lowest BCUT2D eigenvalue weighted by atomic mass is 9.90. The van der Waals surface area contributed by atoms with Gasteiger partial charge in [-0.15, -0.1) is 0 Å². The van der Waals surface area contributed by atoms with Crippen molar-refractivity contribution in [3.05, 3.63) is 29.8 Å². The average molecular weight is 290 g/mol. The summed E-state index contributed by atoms with van der Waals surface area (Å²) < 4.78 is 5.01. The van der Waals surface area contributed by atoms with Gasteiger partial charge in [-0.3, -0.25) is 4.79 Å². The lowest BCUT2D eigenvalue weighted by Gasteiger charge is -2.33. The van der Waals surface area contributed by atoms with E-state index in [4.69, 9.17) is 4.74 Å². The largest absolute Gasteiger partial charge is 0.462 e. The van der Waals surface area contributed by atoms with Gasteiger partial charge in [0.15, 0.2) is 0 Å². The monoisotopic (exact) mass is 290 g/mol. The summed E-state index contributed by atoms with van der Waals surface area (Å²) in [4.78, 5) is 24.4. The molecular formula is C16H22N2O3. The van der Waals surface area contributed by atoms with Crippen molar-refractivity contribution >= 4 is 17.6 Å². The van der Waals surface area contributed by atoms with E-state index in [0.717, 1.165) is 25.8 Å². The number of carbonyl (C=O) groups excluding carboxylic acids is 2. The van der Waals surface area contributed by atoms with E-state index < -0.39 is 11.5 Å². The molecule has 0 spiro atoms. The van der Waals surface area contributed by atoms with Crippen molar-refractivity contribution in [2.24, 2.45) is 0 Å². The predicted molar refractivity (Wildman–Crippen MR) is 81.3 cm³/mol. The Morgan fingerprint density at radius 3 is 2.76 bits per heavy atom. The molecule has 0 saturated carbocycles. The molecule has 0 radical (unpaired) electrons. The van der Waals surface area contributed by atoms with Gasteiger partial charge in [-0.25, -0.2) is 4.79 Å². The molecule has 1 aliphatic heterocycles. The summed E-state index contributed by atoms with van der Waals surface area (Å²) in [5.74, 6) is -0.533. The number of hydrogen-bond donors (Lipinski definition) is 2. The van der Waals surface area contributed by atoms with Crippen molar-refractivity contribution in [1.29, 1.82) is 0 Å². The Kier molecular flexibility index (Phi) is 4.96. The summed E-state index contributed by atoms with van der Waals surface area (Å²) in [5.41, 5.74) is 0.293. The van der Waals surface area contributed by atoms with E-state index >= 15 is 0 Å². The van der Waals surface area contributed by atoms with Crippen LogP contribution in [0.25, 0.3) is 0 Å². The maximum absolute atomic E-state index is 12.5. The van der Waals surface area contributed by atoms with Gasteiger partial charge in [0.25, 0.3) is 0 Å². The smallest absolute Gasteiger partial charge is 0.340 e. The van der Waals surface area contributed by atoms with Crippen molar-refractivity contribution in [3.63, 3.8) is 0 Å². The second kappa shape index (κ2) is 6.72. The number of piperidine rings is 1. The fraction of sp³-hybridized carbons (Fsp3) is 0.500. The summed E-state index contributed by atoms with van der Waals surface area (Å²) in [6.07, 6.45) is 2.90. The topological polar surface area (TPSA) is 67.4 Å². The van der Waals surface area contributed by atoms with Gasteiger partial charge in [0.2, 0.25) is 5.91 Å². The van der Waals surface area contributed by atoms with Crippen LogP contribution in [0.3, 0.4) is 0 Å². The van der Waals surface area contributed by atoms with Crippen LogP contribution < -0.4 is 10.6 Å². The third-order valence-electron chi connectivity index (χ3n) is 3.79. The number of carbonyl (C=O) groups is 2. The molecule has 2 N–H and O–H groups in total. The number of para-hydroxylation sites is 1. The maximum Gasteiger partial charge on any atom is 0.340 e. The first kappa shape index (κ1) is 15.5. The van der Waals surface area contributed by atoms with Crippen LogP contribution in [0, 0.1) is 0 Å². The first-order valence-electron chi connectivity index (χ1n) is 7.39. The van der Waals surface area contributed by atoms with Gasteiger partial charge in [0.1, 0.15) is 0 Å².